The summed E-state index contributed by atoms with van der Waals surface area (Å²) in [5.41, 5.74) is 2.57. The van der Waals surface area contributed by atoms with E-state index < -0.39 is 0 Å². The van der Waals surface area contributed by atoms with Crippen molar-refractivity contribution >= 4 is 10.9 Å². The Morgan fingerprint density at radius 2 is 2.05 bits per heavy atom. The molecule has 0 aliphatic carbocycles. The third-order valence-electron chi connectivity index (χ3n) is 4.64. The molecule has 1 saturated heterocycles. The smallest absolute Gasteiger partial charge is 0.0594 e. The number of nitrogens with zero attached hydrogens (tertiary/aromatic N) is 1. The van der Waals surface area contributed by atoms with Crippen LogP contribution >= 0.6 is 0 Å². The number of aromatic amines is 1. The fraction of sp³-hybridized carbons (Fsp3) is 0.529. The zero-order valence-corrected chi connectivity index (χ0v) is 12.9. The van der Waals surface area contributed by atoms with Crippen molar-refractivity contribution in [1.82, 2.24) is 15.2 Å². The lowest BCUT2D eigenvalue weighted by Gasteiger charge is -2.36. The van der Waals surface area contributed by atoms with E-state index in [0.717, 1.165) is 32.8 Å². The number of fused-ring (bicyclic) bond motifs is 1. The van der Waals surface area contributed by atoms with Gasteiger partial charge < -0.3 is 15.0 Å². The first kappa shape index (κ1) is 14.6. The number of aromatic nitrogens is 1. The first-order valence-electron chi connectivity index (χ1n) is 7.86. The lowest BCUT2D eigenvalue weighted by atomic mass is 10.1. The van der Waals surface area contributed by atoms with Crippen LogP contribution in [0.4, 0.5) is 0 Å². The quantitative estimate of drug-likeness (QED) is 0.887. The normalized spacial score (nSPS) is 19.7. The Kier molecular flexibility index (Phi) is 4.58. The Morgan fingerprint density at radius 3 is 2.86 bits per heavy atom. The third kappa shape index (κ3) is 3.28. The molecule has 0 amide bonds. The summed E-state index contributed by atoms with van der Waals surface area (Å²) in [6.07, 6.45) is 2.01. The fourth-order valence-corrected chi connectivity index (χ4v) is 3.05. The van der Waals surface area contributed by atoms with Crippen LogP contribution in [0.3, 0.4) is 0 Å². The van der Waals surface area contributed by atoms with Crippen molar-refractivity contribution in [3.63, 3.8) is 0 Å². The van der Waals surface area contributed by atoms with E-state index in [2.05, 4.69) is 53.3 Å². The maximum Gasteiger partial charge on any atom is 0.0594 e. The highest BCUT2D eigenvalue weighted by atomic mass is 16.5. The molecule has 1 aromatic carbocycles. The molecular formula is C17H25N3O. The van der Waals surface area contributed by atoms with Crippen LogP contribution in [0.1, 0.15) is 19.4 Å². The van der Waals surface area contributed by atoms with Gasteiger partial charge in [0.05, 0.1) is 13.2 Å². The topological polar surface area (TPSA) is 40.3 Å². The molecule has 21 heavy (non-hydrogen) atoms. The van der Waals surface area contributed by atoms with E-state index in [9.17, 15) is 0 Å². The molecule has 1 aliphatic heterocycles. The van der Waals surface area contributed by atoms with Gasteiger partial charge in [0, 0.05) is 48.8 Å². The number of H-pyrrole nitrogens is 1. The van der Waals surface area contributed by atoms with Gasteiger partial charge in [-0.1, -0.05) is 12.1 Å². The molecule has 0 saturated carbocycles. The van der Waals surface area contributed by atoms with Crippen molar-refractivity contribution in [1.29, 1.82) is 0 Å². The summed E-state index contributed by atoms with van der Waals surface area (Å²) in [7, 11) is 0. The molecule has 2 atom stereocenters. The van der Waals surface area contributed by atoms with Gasteiger partial charge in [-0.05, 0) is 31.5 Å². The predicted molar refractivity (Wildman–Crippen MR) is 86.5 cm³/mol. The zero-order valence-electron chi connectivity index (χ0n) is 12.9. The van der Waals surface area contributed by atoms with Crippen molar-refractivity contribution in [3.8, 4) is 0 Å². The second kappa shape index (κ2) is 6.60. The van der Waals surface area contributed by atoms with Crippen LogP contribution in [-0.2, 0) is 11.3 Å². The highest BCUT2D eigenvalue weighted by molar-refractivity contribution is 5.82. The third-order valence-corrected chi connectivity index (χ3v) is 4.64. The van der Waals surface area contributed by atoms with Gasteiger partial charge in [0.2, 0.25) is 0 Å². The van der Waals surface area contributed by atoms with Gasteiger partial charge >= 0.3 is 0 Å². The molecule has 0 bridgehead atoms. The Labute approximate surface area is 126 Å². The van der Waals surface area contributed by atoms with Crippen LogP contribution in [0.5, 0.6) is 0 Å². The van der Waals surface area contributed by atoms with E-state index in [-0.39, 0.29) is 0 Å². The first-order valence-corrected chi connectivity index (χ1v) is 7.86. The first-order chi connectivity index (χ1) is 10.3. The minimum Gasteiger partial charge on any atom is -0.379 e. The number of benzene rings is 1. The van der Waals surface area contributed by atoms with Gasteiger partial charge in [0.15, 0.2) is 0 Å². The minimum atomic E-state index is 0.456. The van der Waals surface area contributed by atoms with Crippen molar-refractivity contribution < 1.29 is 4.74 Å². The van der Waals surface area contributed by atoms with Crippen LogP contribution < -0.4 is 5.32 Å². The van der Waals surface area contributed by atoms with Crippen molar-refractivity contribution in [2.45, 2.75) is 32.5 Å². The molecule has 1 aromatic heterocycles. The number of nitrogens with one attached hydrogen (secondary N) is 2. The highest BCUT2D eigenvalue weighted by Crippen LogP contribution is 2.17. The summed E-state index contributed by atoms with van der Waals surface area (Å²) < 4.78 is 5.43. The second-order valence-electron chi connectivity index (χ2n) is 5.91. The summed E-state index contributed by atoms with van der Waals surface area (Å²) in [4.78, 5) is 5.78. The van der Waals surface area contributed by atoms with Crippen LogP contribution in [0.25, 0.3) is 10.9 Å². The number of hydrogen-bond acceptors (Lipinski definition) is 3. The number of morpholine rings is 1. The lowest BCUT2D eigenvalue weighted by Crippen LogP contribution is -2.50. The molecule has 2 aromatic rings. The number of rotatable bonds is 5. The van der Waals surface area contributed by atoms with E-state index in [4.69, 9.17) is 4.74 Å². The minimum absolute atomic E-state index is 0.456. The van der Waals surface area contributed by atoms with Crippen molar-refractivity contribution in [2.75, 3.05) is 26.3 Å². The Morgan fingerprint density at radius 1 is 1.24 bits per heavy atom. The van der Waals surface area contributed by atoms with E-state index >= 15 is 0 Å². The summed E-state index contributed by atoms with van der Waals surface area (Å²) in [5.74, 6) is 0. The molecule has 1 aliphatic rings. The molecule has 1 fully saturated rings. The molecular weight excluding hydrogens is 262 g/mol. The van der Waals surface area contributed by atoms with Gasteiger partial charge in [-0.25, -0.2) is 0 Å². The van der Waals surface area contributed by atoms with E-state index in [1.165, 1.54) is 16.5 Å². The Balaban J connectivity index is 1.60. The molecule has 2 unspecified atom stereocenters. The number of ether oxygens (including phenoxy) is 1. The summed E-state index contributed by atoms with van der Waals surface area (Å²) in [6, 6.07) is 9.58. The summed E-state index contributed by atoms with van der Waals surface area (Å²) in [6.45, 7) is 9.29. The van der Waals surface area contributed by atoms with Crippen LogP contribution in [0.2, 0.25) is 0 Å². The zero-order chi connectivity index (χ0) is 14.7. The molecule has 0 radical (unpaired) electrons. The standard InChI is InChI=1S/C17H25N3O/c1-13(14(2)20-8-10-21-11-9-20)19-12-15-4-3-5-17-16(15)6-7-18-17/h3-7,13-14,18-19H,8-12H2,1-2H3. The molecule has 4 nitrogen and oxygen atoms in total. The maximum absolute atomic E-state index is 5.43. The maximum atomic E-state index is 5.43. The van der Waals surface area contributed by atoms with E-state index in [1.54, 1.807) is 0 Å². The molecule has 114 valence electrons. The average Bonchev–Trinajstić information content (AvgIpc) is 3.02. The lowest BCUT2D eigenvalue weighted by molar-refractivity contribution is 0.0135. The van der Waals surface area contributed by atoms with Gasteiger partial charge in [0.1, 0.15) is 0 Å². The van der Waals surface area contributed by atoms with E-state index in [0.29, 0.717) is 12.1 Å². The average molecular weight is 287 g/mol. The molecule has 3 rings (SSSR count). The van der Waals surface area contributed by atoms with Crippen LogP contribution in [0, 0.1) is 0 Å². The van der Waals surface area contributed by atoms with Crippen molar-refractivity contribution in [2.24, 2.45) is 0 Å². The van der Waals surface area contributed by atoms with Gasteiger partial charge in [-0.15, -0.1) is 0 Å². The largest absolute Gasteiger partial charge is 0.379 e. The summed E-state index contributed by atoms with van der Waals surface area (Å²) in [5, 5.41) is 5.00. The van der Waals surface area contributed by atoms with E-state index in [1.807, 2.05) is 6.20 Å². The molecule has 0 spiro atoms. The van der Waals surface area contributed by atoms with Crippen LogP contribution in [-0.4, -0.2) is 48.3 Å². The van der Waals surface area contributed by atoms with Gasteiger partial charge in [0.25, 0.3) is 0 Å². The van der Waals surface area contributed by atoms with Crippen LogP contribution in [0.15, 0.2) is 30.5 Å². The number of hydrogen-bond donors (Lipinski definition) is 2. The van der Waals surface area contributed by atoms with Gasteiger partial charge in [-0.2, -0.15) is 0 Å². The predicted octanol–water partition coefficient (Wildman–Crippen LogP) is 2.37. The fourth-order valence-electron chi connectivity index (χ4n) is 3.05. The SMILES string of the molecule is CC(NCc1cccc2[nH]ccc12)C(C)N1CCOCC1. The summed E-state index contributed by atoms with van der Waals surface area (Å²) >= 11 is 0. The second-order valence-corrected chi connectivity index (χ2v) is 5.91. The Hall–Kier alpha value is -1.36. The molecule has 2 N–H and O–H groups in total. The molecule has 4 heteroatoms. The Bertz CT molecular complexity index is 574. The molecule has 2 heterocycles. The van der Waals surface area contributed by atoms with Crippen molar-refractivity contribution in [3.05, 3.63) is 36.0 Å². The monoisotopic (exact) mass is 287 g/mol. The van der Waals surface area contributed by atoms with Gasteiger partial charge in [-0.3, -0.25) is 4.90 Å². The highest BCUT2D eigenvalue weighted by Gasteiger charge is 2.21.